The molecule has 0 radical (unpaired) electrons. The van der Waals surface area contributed by atoms with Crippen LogP contribution in [0.3, 0.4) is 0 Å². The van der Waals surface area contributed by atoms with Gasteiger partial charge in [-0.2, -0.15) is 0 Å². The van der Waals surface area contributed by atoms with E-state index in [0.29, 0.717) is 24.3 Å². The zero-order valence-electron chi connectivity index (χ0n) is 14.9. The van der Waals surface area contributed by atoms with Gasteiger partial charge in [-0.1, -0.05) is 30.3 Å². The summed E-state index contributed by atoms with van der Waals surface area (Å²) in [6.45, 7) is 0.422. The fraction of sp³-hybridized carbons (Fsp3) is 0.300. The first-order chi connectivity index (χ1) is 13.1. The smallest absolute Gasteiger partial charge is 0.255 e. The van der Waals surface area contributed by atoms with Crippen molar-refractivity contribution in [2.45, 2.75) is 12.1 Å². The Hall–Kier alpha value is -2.74. The third-order valence-corrected chi connectivity index (χ3v) is 4.55. The maximum absolute atomic E-state index is 12.2. The molecule has 1 heterocycles. The number of nitrogens with one attached hydrogen (secondary N) is 1. The minimum atomic E-state index is -0.487. The van der Waals surface area contributed by atoms with E-state index in [1.165, 1.54) is 0 Å². The molecule has 4 N–H and O–H groups in total. The standard InChI is InChI=1S/C20H23N3O4/c21-10-11-23-17(12-24)19(27-13-18(23)25)14-6-8-16(9-7-14)22-20(26)15-4-2-1-3-5-15/h1-9,17,19,24H,10-13,21H2,(H,22,26)/t17-,19-/m1/s1. The van der Waals surface area contributed by atoms with Crippen molar-refractivity contribution in [3.8, 4) is 0 Å². The number of ether oxygens (including phenoxy) is 1. The number of aliphatic hydroxyl groups excluding tert-OH is 1. The lowest BCUT2D eigenvalue weighted by atomic mass is 9.99. The van der Waals surface area contributed by atoms with Gasteiger partial charge in [0.25, 0.3) is 5.91 Å². The highest BCUT2D eigenvalue weighted by atomic mass is 16.5. The van der Waals surface area contributed by atoms with Crippen LogP contribution in [0.25, 0.3) is 0 Å². The minimum Gasteiger partial charge on any atom is -0.394 e. The first-order valence-electron chi connectivity index (χ1n) is 8.82. The van der Waals surface area contributed by atoms with Crippen LogP contribution >= 0.6 is 0 Å². The largest absolute Gasteiger partial charge is 0.394 e. The first-order valence-corrected chi connectivity index (χ1v) is 8.82. The Labute approximate surface area is 157 Å². The molecule has 2 aromatic rings. The second kappa shape index (κ2) is 8.77. The van der Waals surface area contributed by atoms with Crippen LogP contribution < -0.4 is 11.1 Å². The van der Waals surface area contributed by atoms with Crippen molar-refractivity contribution in [3.05, 3.63) is 65.7 Å². The Kier molecular flexibility index (Phi) is 6.18. The molecule has 0 bridgehead atoms. The van der Waals surface area contributed by atoms with Crippen molar-refractivity contribution in [2.75, 3.05) is 31.6 Å². The van der Waals surface area contributed by atoms with Gasteiger partial charge in [0.05, 0.1) is 12.6 Å². The topological polar surface area (TPSA) is 105 Å². The number of benzene rings is 2. The van der Waals surface area contributed by atoms with Crippen molar-refractivity contribution in [2.24, 2.45) is 5.73 Å². The van der Waals surface area contributed by atoms with Gasteiger partial charge < -0.3 is 25.8 Å². The van der Waals surface area contributed by atoms with E-state index in [0.717, 1.165) is 5.56 Å². The second-order valence-electron chi connectivity index (χ2n) is 6.30. The van der Waals surface area contributed by atoms with Crippen LogP contribution in [0.5, 0.6) is 0 Å². The normalized spacial score (nSPS) is 19.8. The van der Waals surface area contributed by atoms with Crippen LogP contribution in [0.1, 0.15) is 22.0 Å². The van der Waals surface area contributed by atoms with E-state index in [1.54, 1.807) is 29.2 Å². The molecule has 0 unspecified atom stereocenters. The summed E-state index contributed by atoms with van der Waals surface area (Å²) in [5.41, 5.74) is 7.63. The average Bonchev–Trinajstić information content (AvgIpc) is 2.71. The second-order valence-corrected chi connectivity index (χ2v) is 6.30. The SMILES string of the molecule is NCCN1C(=O)CO[C@H](c2ccc(NC(=O)c3ccccc3)cc2)[C@H]1CO. The highest BCUT2D eigenvalue weighted by molar-refractivity contribution is 6.04. The molecule has 2 atom stereocenters. The molecule has 0 saturated carbocycles. The fourth-order valence-electron chi connectivity index (χ4n) is 3.19. The van der Waals surface area contributed by atoms with Gasteiger partial charge in [0.15, 0.2) is 0 Å². The molecular weight excluding hydrogens is 346 g/mol. The van der Waals surface area contributed by atoms with Crippen LogP contribution in [-0.4, -0.2) is 54.2 Å². The number of nitrogens with two attached hydrogens (primary N) is 1. The van der Waals surface area contributed by atoms with Gasteiger partial charge in [-0.3, -0.25) is 9.59 Å². The third-order valence-electron chi connectivity index (χ3n) is 4.55. The summed E-state index contributed by atoms with van der Waals surface area (Å²) in [5.74, 6) is -0.368. The zero-order chi connectivity index (χ0) is 19.2. The maximum atomic E-state index is 12.2. The monoisotopic (exact) mass is 369 g/mol. The lowest BCUT2D eigenvalue weighted by molar-refractivity contribution is -0.160. The predicted molar refractivity (Wildman–Crippen MR) is 101 cm³/mol. The number of carbonyl (C=O) groups excluding carboxylic acids is 2. The quantitative estimate of drug-likeness (QED) is 0.709. The van der Waals surface area contributed by atoms with Gasteiger partial charge in [0, 0.05) is 24.3 Å². The lowest BCUT2D eigenvalue weighted by Crippen LogP contribution is -2.54. The van der Waals surface area contributed by atoms with Crippen molar-refractivity contribution < 1.29 is 19.4 Å². The lowest BCUT2D eigenvalue weighted by Gasteiger charge is -2.40. The third kappa shape index (κ3) is 4.33. The van der Waals surface area contributed by atoms with Crippen LogP contribution in [0.15, 0.2) is 54.6 Å². The molecule has 2 aromatic carbocycles. The van der Waals surface area contributed by atoms with Crippen LogP contribution in [0, 0.1) is 0 Å². The van der Waals surface area contributed by atoms with Gasteiger partial charge >= 0.3 is 0 Å². The zero-order valence-corrected chi connectivity index (χ0v) is 14.9. The number of hydrogen-bond acceptors (Lipinski definition) is 5. The van der Waals surface area contributed by atoms with Gasteiger partial charge in [0.2, 0.25) is 5.91 Å². The van der Waals surface area contributed by atoms with E-state index in [1.807, 2.05) is 30.3 Å². The molecular formula is C20H23N3O4. The van der Waals surface area contributed by atoms with E-state index in [-0.39, 0.29) is 25.0 Å². The number of nitrogens with zero attached hydrogens (tertiary/aromatic N) is 1. The molecule has 27 heavy (non-hydrogen) atoms. The van der Waals surface area contributed by atoms with Gasteiger partial charge in [-0.25, -0.2) is 0 Å². The highest BCUT2D eigenvalue weighted by Gasteiger charge is 2.36. The van der Waals surface area contributed by atoms with Crippen LogP contribution in [0.2, 0.25) is 0 Å². The Balaban J connectivity index is 1.72. The number of amides is 2. The Morgan fingerprint density at radius 1 is 1.19 bits per heavy atom. The van der Waals surface area contributed by atoms with Gasteiger partial charge in [-0.05, 0) is 29.8 Å². The molecule has 1 aliphatic rings. The molecule has 1 aliphatic heterocycles. The van der Waals surface area contributed by atoms with Gasteiger partial charge in [-0.15, -0.1) is 0 Å². The predicted octanol–water partition coefficient (Wildman–Crippen LogP) is 1.16. The Bertz CT molecular complexity index is 780. The summed E-state index contributed by atoms with van der Waals surface area (Å²) in [7, 11) is 0. The summed E-state index contributed by atoms with van der Waals surface area (Å²) >= 11 is 0. The van der Waals surface area contributed by atoms with Crippen molar-refractivity contribution in [3.63, 3.8) is 0 Å². The number of hydrogen-bond donors (Lipinski definition) is 3. The Morgan fingerprint density at radius 3 is 2.52 bits per heavy atom. The molecule has 0 aliphatic carbocycles. The van der Waals surface area contributed by atoms with Crippen molar-refractivity contribution in [1.29, 1.82) is 0 Å². The van der Waals surface area contributed by atoms with E-state index < -0.39 is 12.1 Å². The number of aliphatic hydroxyl groups is 1. The highest BCUT2D eigenvalue weighted by Crippen LogP contribution is 2.29. The van der Waals surface area contributed by atoms with E-state index in [9.17, 15) is 14.7 Å². The minimum absolute atomic E-state index is 0.0480. The molecule has 7 nitrogen and oxygen atoms in total. The van der Waals surface area contributed by atoms with E-state index >= 15 is 0 Å². The van der Waals surface area contributed by atoms with Crippen molar-refractivity contribution in [1.82, 2.24) is 4.90 Å². The number of anilines is 1. The summed E-state index contributed by atoms with van der Waals surface area (Å²) in [6.07, 6.45) is -0.446. The molecule has 142 valence electrons. The molecule has 7 heteroatoms. The van der Waals surface area contributed by atoms with Crippen LogP contribution in [0.4, 0.5) is 5.69 Å². The molecule has 2 amide bonds. The molecule has 1 fully saturated rings. The molecule has 0 spiro atoms. The summed E-state index contributed by atoms with van der Waals surface area (Å²) in [5, 5.41) is 12.6. The number of carbonyl (C=O) groups is 2. The Morgan fingerprint density at radius 2 is 1.89 bits per heavy atom. The fourth-order valence-corrected chi connectivity index (χ4v) is 3.19. The molecule has 0 aromatic heterocycles. The molecule has 1 saturated heterocycles. The van der Waals surface area contributed by atoms with E-state index in [4.69, 9.17) is 10.5 Å². The van der Waals surface area contributed by atoms with E-state index in [2.05, 4.69) is 5.32 Å². The summed E-state index contributed by atoms with van der Waals surface area (Å²) in [4.78, 5) is 25.8. The maximum Gasteiger partial charge on any atom is 0.255 e. The van der Waals surface area contributed by atoms with Crippen molar-refractivity contribution >= 4 is 17.5 Å². The average molecular weight is 369 g/mol. The first kappa shape index (κ1) is 19.0. The number of morpholine rings is 1. The summed E-state index contributed by atoms with van der Waals surface area (Å²) < 4.78 is 5.67. The molecule has 3 rings (SSSR count). The number of rotatable bonds is 6. The van der Waals surface area contributed by atoms with Crippen LogP contribution in [-0.2, 0) is 9.53 Å². The van der Waals surface area contributed by atoms with Gasteiger partial charge in [0.1, 0.15) is 12.7 Å². The summed E-state index contributed by atoms with van der Waals surface area (Å²) in [6, 6.07) is 15.7.